The topological polar surface area (TPSA) is 72.0 Å². The average Bonchev–Trinajstić information content (AvgIpc) is 3.40. The van der Waals surface area contributed by atoms with Crippen LogP contribution < -0.4 is 5.32 Å². The number of thiazole rings is 1. The number of hydrogen-bond acceptors (Lipinski definition) is 7. The molecule has 2 aliphatic rings. The first-order chi connectivity index (χ1) is 18.4. The lowest BCUT2D eigenvalue weighted by Crippen LogP contribution is -2.54. The van der Waals surface area contributed by atoms with Crippen molar-refractivity contribution in [2.24, 2.45) is 0 Å². The van der Waals surface area contributed by atoms with Gasteiger partial charge >= 0.3 is 0 Å². The summed E-state index contributed by atoms with van der Waals surface area (Å²) in [5.74, 6) is -0.355. The Hall–Kier alpha value is -3.34. The molecule has 0 unspecified atom stereocenters. The number of rotatable bonds is 7. The van der Waals surface area contributed by atoms with E-state index in [1.54, 1.807) is 28.5 Å². The molecule has 0 atom stereocenters. The van der Waals surface area contributed by atoms with E-state index in [0.29, 0.717) is 49.2 Å². The number of carbonyl (C=O) groups excluding carboxylic acids is 2. The zero-order valence-corrected chi connectivity index (χ0v) is 22.4. The Morgan fingerprint density at radius 2 is 1.55 bits per heavy atom. The zero-order chi connectivity index (χ0) is 26.5. The lowest BCUT2D eigenvalue weighted by atomic mass is 10.1. The molecule has 38 heavy (non-hydrogen) atoms. The number of hydrogen-bond donors (Lipinski definition) is 1. The second-order valence-electron chi connectivity index (χ2n) is 9.85. The molecular weight excluding hydrogens is 503 g/mol. The van der Waals surface area contributed by atoms with Gasteiger partial charge in [-0.15, -0.1) is 11.3 Å². The smallest absolute Gasteiger partial charge is 0.273 e. The fourth-order valence-electron chi connectivity index (χ4n) is 4.78. The Labute approximate surface area is 226 Å². The van der Waals surface area contributed by atoms with Crippen molar-refractivity contribution in [1.82, 2.24) is 24.6 Å². The first kappa shape index (κ1) is 26.3. The molecule has 2 aromatic carbocycles. The van der Waals surface area contributed by atoms with E-state index in [1.165, 1.54) is 28.5 Å². The Morgan fingerprint density at radius 1 is 0.895 bits per heavy atom. The van der Waals surface area contributed by atoms with Crippen molar-refractivity contribution in [2.75, 3.05) is 64.2 Å². The van der Waals surface area contributed by atoms with E-state index in [2.05, 4.69) is 51.3 Å². The van der Waals surface area contributed by atoms with Crippen LogP contribution in [0, 0.1) is 12.7 Å². The predicted octanol–water partition coefficient (Wildman–Crippen LogP) is 3.44. The molecule has 1 N–H and O–H groups in total. The molecule has 1 aromatic heterocycles. The maximum absolute atomic E-state index is 13.9. The third kappa shape index (κ3) is 6.56. The van der Waals surface area contributed by atoms with Crippen LogP contribution >= 0.6 is 11.3 Å². The van der Waals surface area contributed by atoms with Crippen molar-refractivity contribution in [2.45, 2.75) is 13.5 Å². The summed E-state index contributed by atoms with van der Waals surface area (Å²) in [5.41, 5.74) is 3.24. The van der Waals surface area contributed by atoms with Gasteiger partial charge in [-0.05, 0) is 24.6 Å². The summed E-state index contributed by atoms with van der Waals surface area (Å²) in [6.07, 6.45) is 0. The number of aryl methyl sites for hydroxylation is 1. The van der Waals surface area contributed by atoms with Crippen LogP contribution in [0.5, 0.6) is 0 Å². The highest BCUT2D eigenvalue weighted by molar-refractivity contribution is 7.14. The van der Waals surface area contributed by atoms with Gasteiger partial charge in [-0.25, -0.2) is 9.37 Å². The molecule has 0 bridgehead atoms. The normalized spacial score (nSPS) is 17.0. The Bertz CT molecular complexity index is 1250. The minimum absolute atomic E-state index is 0.140. The molecule has 0 radical (unpaired) electrons. The first-order valence-corrected chi connectivity index (χ1v) is 13.9. The maximum Gasteiger partial charge on any atom is 0.273 e. The van der Waals surface area contributed by atoms with Crippen LogP contribution in [0.25, 0.3) is 0 Å². The SMILES string of the molecule is Cc1ccc(CN2CCN(C(=O)CN3CCN(C(=O)c4csc(Nc5ccccc5F)n4)CC3)CC2)cc1. The zero-order valence-electron chi connectivity index (χ0n) is 21.6. The second kappa shape index (κ2) is 12.0. The van der Waals surface area contributed by atoms with Gasteiger partial charge in [-0.1, -0.05) is 42.0 Å². The maximum atomic E-state index is 13.9. The predicted molar refractivity (Wildman–Crippen MR) is 147 cm³/mol. The van der Waals surface area contributed by atoms with Crippen molar-refractivity contribution >= 4 is 34.0 Å². The van der Waals surface area contributed by atoms with E-state index in [-0.39, 0.29) is 17.6 Å². The van der Waals surface area contributed by atoms with Crippen LogP contribution in [-0.4, -0.2) is 95.3 Å². The number of benzene rings is 2. The van der Waals surface area contributed by atoms with Crippen molar-refractivity contribution in [3.8, 4) is 0 Å². The molecule has 2 fully saturated rings. The summed E-state index contributed by atoms with van der Waals surface area (Å²) < 4.78 is 13.9. The van der Waals surface area contributed by atoms with Gasteiger partial charge in [-0.3, -0.25) is 19.4 Å². The van der Waals surface area contributed by atoms with Crippen LogP contribution in [0.4, 0.5) is 15.2 Å². The molecule has 0 saturated carbocycles. The highest BCUT2D eigenvalue weighted by Gasteiger charge is 2.27. The number of halogens is 1. The second-order valence-corrected chi connectivity index (χ2v) is 10.7. The van der Waals surface area contributed by atoms with Crippen molar-refractivity contribution in [3.63, 3.8) is 0 Å². The van der Waals surface area contributed by atoms with Gasteiger partial charge in [0.05, 0.1) is 12.2 Å². The number of piperazine rings is 2. The van der Waals surface area contributed by atoms with Gasteiger partial charge in [0.25, 0.3) is 5.91 Å². The minimum atomic E-state index is -0.370. The molecule has 10 heteroatoms. The number of nitrogens with zero attached hydrogens (tertiary/aromatic N) is 5. The molecule has 8 nitrogen and oxygen atoms in total. The van der Waals surface area contributed by atoms with E-state index >= 15 is 0 Å². The fraction of sp³-hybridized carbons (Fsp3) is 0.393. The summed E-state index contributed by atoms with van der Waals surface area (Å²) in [6.45, 7) is 9.03. The monoisotopic (exact) mass is 536 g/mol. The number of nitrogens with one attached hydrogen (secondary N) is 1. The van der Waals surface area contributed by atoms with Gasteiger partial charge in [-0.2, -0.15) is 0 Å². The summed E-state index contributed by atoms with van der Waals surface area (Å²) in [6, 6.07) is 15.0. The fourth-order valence-corrected chi connectivity index (χ4v) is 5.47. The molecule has 2 aliphatic heterocycles. The van der Waals surface area contributed by atoms with Crippen LogP contribution in [0.2, 0.25) is 0 Å². The molecule has 2 saturated heterocycles. The quantitative estimate of drug-likeness (QED) is 0.499. The molecule has 3 aromatic rings. The number of para-hydroxylation sites is 1. The Kier molecular flexibility index (Phi) is 8.31. The number of aromatic nitrogens is 1. The number of amides is 2. The van der Waals surface area contributed by atoms with E-state index in [9.17, 15) is 14.0 Å². The van der Waals surface area contributed by atoms with Gasteiger partial charge in [0, 0.05) is 64.3 Å². The molecule has 2 amide bonds. The molecule has 0 spiro atoms. The van der Waals surface area contributed by atoms with Gasteiger partial charge in [0.15, 0.2) is 5.13 Å². The van der Waals surface area contributed by atoms with Crippen molar-refractivity contribution < 1.29 is 14.0 Å². The Balaban J connectivity index is 1.04. The molecule has 0 aliphatic carbocycles. The van der Waals surface area contributed by atoms with Crippen molar-refractivity contribution in [1.29, 1.82) is 0 Å². The number of carbonyl (C=O) groups is 2. The van der Waals surface area contributed by atoms with Gasteiger partial charge in [0.2, 0.25) is 5.91 Å². The summed E-state index contributed by atoms with van der Waals surface area (Å²) in [7, 11) is 0. The van der Waals surface area contributed by atoms with E-state index in [0.717, 1.165) is 32.7 Å². The van der Waals surface area contributed by atoms with E-state index in [1.807, 2.05) is 4.90 Å². The van der Waals surface area contributed by atoms with Crippen LogP contribution in [-0.2, 0) is 11.3 Å². The lowest BCUT2D eigenvalue weighted by molar-refractivity contribution is -0.134. The summed E-state index contributed by atoms with van der Waals surface area (Å²) in [5, 5.41) is 5.10. The third-order valence-electron chi connectivity index (χ3n) is 7.11. The standard InChI is InChI=1S/C28H33FN6O2S/c1-21-6-8-22(9-7-21)18-32-10-14-34(15-11-32)26(36)19-33-12-16-35(17-13-33)27(37)25-20-38-28(31-25)30-24-5-3-2-4-23(24)29/h2-9,20H,10-19H2,1H3,(H,30,31). The molecule has 3 heterocycles. The van der Waals surface area contributed by atoms with E-state index < -0.39 is 0 Å². The van der Waals surface area contributed by atoms with E-state index in [4.69, 9.17) is 0 Å². The third-order valence-corrected chi connectivity index (χ3v) is 7.87. The van der Waals surface area contributed by atoms with Gasteiger partial charge in [0.1, 0.15) is 11.5 Å². The molecule has 5 rings (SSSR count). The van der Waals surface area contributed by atoms with Gasteiger partial charge < -0.3 is 15.1 Å². The highest BCUT2D eigenvalue weighted by Crippen LogP contribution is 2.24. The van der Waals surface area contributed by atoms with Crippen LogP contribution in [0.3, 0.4) is 0 Å². The summed E-state index contributed by atoms with van der Waals surface area (Å²) in [4.78, 5) is 38.5. The summed E-state index contributed by atoms with van der Waals surface area (Å²) >= 11 is 1.27. The van der Waals surface area contributed by atoms with Crippen LogP contribution in [0.15, 0.2) is 53.9 Å². The highest BCUT2D eigenvalue weighted by atomic mass is 32.1. The first-order valence-electron chi connectivity index (χ1n) is 13.0. The van der Waals surface area contributed by atoms with Crippen molar-refractivity contribution in [3.05, 3.63) is 76.5 Å². The molecule has 200 valence electrons. The lowest BCUT2D eigenvalue weighted by Gasteiger charge is -2.38. The largest absolute Gasteiger partial charge is 0.339 e. The Morgan fingerprint density at radius 3 is 2.26 bits per heavy atom. The number of anilines is 2. The minimum Gasteiger partial charge on any atom is -0.339 e. The van der Waals surface area contributed by atoms with Crippen LogP contribution in [0.1, 0.15) is 21.6 Å². The average molecular weight is 537 g/mol. The molecular formula is C28H33FN6O2S.